The van der Waals surface area contributed by atoms with E-state index in [1.165, 1.54) is 35.9 Å². The number of likely N-dealkylation sites (N-methyl/N-ethyl adjacent to an activating group) is 1. The number of fused-ring (bicyclic) bond motifs is 1. The number of aryl methyl sites for hydroxylation is 1. The van der Waals surface area contributed by atoms with Crippen molar-refractivity contribution in [2.75, 3.05) is 16.8 Å². The number of carbonyl (C=O) groups excluding carboxylic acids is 1. The molecule has 32 heavy (non-hydrogen) atoms. The summed E-state index contributed by atoms with van der Waals surface area (Å²) in [6, 6.07) is 8.15. The fourth-order valence-electron chi connectivity index (χ4n) is 3.71. The highest BCUT2D eigenvalue weighted by atomic mass is 35.5. The second kappa shape index (κ2) is 8.05. The van der Waals surface area contributed by atoms with Crippen molar-refractivity contribution in [3.05, 3.63) is 76.5 Å². The number of anilines is 3. The van der Waals surface area contributed by atoms with Gasteiger partial charge in [0.15, 0.2) is 0 Å². The first kappa shape index (κ1) is 22.0. The third-order valence-electron chi connectivity index (χ3n) is 5.24. The van der Waals surface area contributed by atoms with E-state index < -0.39 is 29.5 Å². The van der Waals surface area contributed by atoms with Crippen molar-refractivity contribution in [3.8, 4) is 0 Å². The minimum atomic E-state index is -4.57. The number of hydrogen-bond donors (Lipinski definition) is 0. The lowest BCUT2D eigenvalue weighted by atomic mass is 10.1. The zero-order valence-electron chi connectivity index (χ0n) is 17.0. The first-order valence-corrected chi connectivity index (χ1v) is 9.95. The van der Waals surface area contributed by atoms with Crippen molar-refractivity contribution in [2.24, 2.45) is 0 Å². The normalized spacial score (nSPS) is 15.6. The fraction of sp³-hybridized carbons (Fsp3) is 0.227. The van der Waals surface area contributed by atoms with E-state index in [0.717, 1.165) is 18.2 Å². The molecule has 0 saturated carbocycles. The Morgan fingerprint density at radius 2 is 1.97 bits per heavy atom. The Bertz CT molecular complexity index is 1200. The quantitative estimate of drug-likeness (QED) is 0.492. The third-order valence-corrected chi connectivity index (χ3v) is 5.53. The standard InChI is InChI=1S/C22H17ClF4N4O/c1-12-8-13(22(25,26)27)9-20(29-12)31-18-4-3-7-28-17(18)11-19(31)21(32)30(2)14-5-6-16(24)15(23)10-14/h3-10,19H,11H2,1-2H3. The van der Waals surface area contributed by atoms with Crippen LogP contribution in [0.25, 0.3) is 0 Å². The highest BCUT2D eigenvalue weighted by molar-refractivity contribution is 6.31. The van der Waals surface area contributed by atoms with E-state index in [1.807, 2.05) is 0 Å². The minimum Gasteiger partial charge on any atom is -0.314 e. The van der Waals surface area contributed by atoms with Crippen molar-refractivity contribution < 1.29 is 22.4 Å². The lowest BCUT2D eigenvalue weighted by Gasteiger charge is -2.30. The summed E-state index contributed by atoms with van der Waals surface area (Å²) < 4.78 is 53.8. The van der Waals surface area contributed by atoms with Crippen LogP contribution < -0.4 is 9.80 Å². The number of alkyl halides is 3. The SMILES string of the molecule is Cc1cc(C(F)(F)F)cc(N2c3cccnc3CC2C(=O)N(C)c2ccc(F)c(Cl)c2)n1. The van der Waals surface area contributed by atoms with Crippen LogP contribution in [-0.4, -0.2) is 29.0 Å². The summed E-state index contributed by atoms with van der Waals surface area (Å²) >= 11 is 5.85. The molecule has 4 rings (SSSR count). The number of amides is 1. The van der Waals surface area contributed by atoms with Gasteiger partial charge in [0.1, 0.15) is 17.7 Å². The first-order valence-electron chi connectivity index (χ1n) is 9.58. The predicted octanol–water partition coefficient (Wildman–Crippen LogP) is 5.32. The Kier molecular flexibility index (Phi) is 5.54. The van der Waals surface area contributed by atoms with Gasteiger partial charge in [-0.15, -0.1) is 0 Å². The van der Waals surface area contributed by atoms with E-state index >= 15 is 0 Å². The molecule has 1 aliphatic heterocycles. The maximum atomic E-state index is 13.5. The zero-order valence-corrected chi connectivity index (χ0v) is 17.7. The van der Waals surface area contributed by atoms with Crippen LogP contribution in [0.15, 0.2) is 48.7 Å². The number of hydrogen-bond acceptors (Lipinski definition) is 4. The Balaban J connectivity index is 1.78. The molecule has 166 valence electrons. The minimum absolute atomic E-state index is 0.00652. The molecule has 3 heterocycles. The lowest BCUT2D eigenvalue weighted by Crippen LogP contribution is -2.44. The fourth-order valence-corrected chi connectivity index (χ4v) is 3.89. The molecule has 0 aliphatic carbocycles. The van der Waals surface area contributed by atoms with Gasteiger partial charge in [0.05, 0.1) is 22.0 Å². The molecule has 1 amide bonds. The maximum Gasteiger partial charge on any atom is 0.416 e. The van der Waals surface area contributed by atoms with Crippen molar-refractivity contribution >= 4 is 34.7 Å². The molecule has 2 aromatic heterocycles. The summed E-state index contributed by atoms with van der Waals surface area (Å²) in [4.78, 5) is 24.7. The van der Waals surface area contributed by atoms with Crippen molar-refractivity contribution in [3.63, 3.8) is 0 Å². The molecule has 1 aliphatic rings. The van der Waals surface area contributed by atoms with Crippen molar-refractivity contribution in [1.29, 1.82) is 0 Å². The van der Waals surface area contributed by atoms with Gasteiger partial charge in [0, 0.05) is 31.0 Å². The molecular weight excluding hydrogens is 448 g/mol. The van der Waals surface area contributed by atoms with E-state index in [4.69, 9.17) is 11.6 Å². The predicted molar refractivity (Wildman–Crippen MR) is 113 cm³/mol. The van der Waals surface area contributed by atoms with Crippen LogP contribution in [0, 0.1) is 12.7 Å². The molecule has 0 fully saturated rings. The Morgan fingerprint density at radius 1 is 1.22 bits per heavy atom. The van der Waals surface area contributed by atoms with Gasteiger partial charge in [-0.1, -0.05) is 11.6 Å². The molecule has 5 nitrogen and oxygen atoms in total. The molecule has 0 saturated heterocycles. The maximum absolute atomic E-state index is 13.5. The van der Waals surface area contributed by atoms with Crippen LogP contribution in [0.2, 0.25) is 5.02 Å². The molecule has 10 heteroatoms. The third kappa shape index (κ3) is 4.00. The van der Waals surface area contributed by atoms with Gasteiger partial charge in [0.25, 0.3) is 0 Å². The Morgan fingerprint density at radius 3 is 2.66 bits per heavy atom. The zero-order chi connectivity index (χ0) is 23.2. The van der Waals surface area contributed by atoms with Crippen LogP contribution in [0.4, 0.5) is 34.8 Å². The van der Waals surface area contributed by atoms with E-state index in [2.05, 4.69) is 9.97 Å². The summed E-state index contributed by atoms with van der Waals surface area (Å²) in [5, 5.41) is -0.148. The molecule has 3 aromatic rings. The van der Waals surface area contributed by atoms with E-state index in [1.54, 1.807) is 18.3 Å². The molecule has 0 N–H and O–H groups in total. The monoisotopic (exact) mass is 464 g/mol. The summed E-state index contributed by atoms with van der Waals surface area (Å²) in [6.07, 6.45) is -2.84. The van der Waals surface area contributed by atoms with Gasteiger partial charge in [-0.25, -0.2) is 9.37 Å². The summed E-state index contributed by atoms with van der Waals surface area (Å²) in [5.41, 5.74) is 0.716. The van der Waals surface area contributed by atoms with E-state index in [0.29, 0.717) is 17.1 Å². The number of pyridine rings is 2. The molecule has 1 atom stereocenters. The molecular formula is C22H17ClF4N4O. The molecule has 1 aromatic carbocycles. The van der Waals surface area contributed by atoms with Crippen LogP contribution in [0.5, 0.6) is 0 Å². The van der Waals surface area contributed by atoms with E-state index in [9.17, 15) is 22.4 Å². The van der Waals surface area contributed by atoms with Gasteiger partial charge in [0.2, 0.25) is 5.91 Å². The van der Waals surface area contributed by atoms with Crippen LogP contribution in [0.3, 0.4) is 0 Å². The summed E-state index contributed by atoms with van der Waals surface area (Å²) in [6.45, 7) is 1.46. The van der Waals surface area contributed by atoms with Gasteiger partial charge in [-0.05, 0) is 49.4 Å². The number of benzene rings is 1. The summed E-state index contributed by atoms with van der Waals surface area (Å²) in [7, 11) is 1.49. The van der Waals surface area contributed by atoms with Crippen LogP contribution in [-0.2, 0) is 17.4 Å². The molecule has 0 spiro atoms. The number of halogens is 5. The average molecular weight is 465 g/mol. The number of nitrogens with zero attached hydrogens (tertiary/aromatic N) is 4. The molecule has 0 radical (unpaired) electrons. The number of carbonyl (C=O) groups is 1. The van der Waals surface area contributed by atoms with Gasteiger partial charge in [-0.2, -0.15) is 13.2 Å². The average Bonchev–Trinajstić information content (AvgIpc) is 3.13. The van der Waals surface area contributed by atoms with Gasteiger partial charge in [-0.3, -0.25) is 9.78 Å². The second-order valence-corrected chi connectivity index (χ2v) is 7.82. The van der Waals surface area contributed by atoms with E-state index in [-0.39, 0.29) is 23.0 Å². The molecule has 0 bridgehead atoms. The van der Waals surface area contributed by atoms with Gasteiger partial charge < -0.3 is 9.80 Å². The van der Waals surface area contributed by atoms with Crippen molar-refractivity contribution in [2.45, 2.75) is 25.6 Å². The van der Waals surface area contributed by atoms with Crippen LogP contribution in [0.1, 0.15) is 17.0 Å². The van der Waals surface area contributed by atoms with Crippen LogP contribution >= 0.6 is 11.6 Å². The highest BCUT2D eigenvalue weighted by Gasteiger charge is 2.40. The number of aromatic nitrogens is 2. The number of rotatable bonds is 3. The first-order chi connectivity index (χ1) is 15.1. The lowest BCUT2D eigenvalue weighted by molar-refractivity contribution is -0.137. The topological polar surface area (TPSA) is 49.3 Å². The Hall–Kier alpha value is -3.20. The largest absolute Gasteiger partial charge is 0.416 e. The molecule has 1 unspecified atom stereocenters. The smallest absolute Gasteiger partial charge is 0.314 e. The highest BCUT2D eigenvalue weighted by Crippen LogP contribution is 2.40. The Labute approximate surface area is 186 Å². The summed E-state index contributed by atoms with van der Waals surface area (Å²) in [5.74, 6) is -1.06. The van der Waals surface area contributed by atoms with Crippen molar-refractivity contribution in [1.82, 2.24) is 9.97 Å². The van der Waals surface area contributed by atoms with Gasteiger partial charge >= 0.3 is 6.18 Å². The second-order valence-electron chi connectivity index (χ2n) is 7.41.